The normalized spacial score (nSPS) is 25.1. The fourth-order valence-corrected chi connectivity index (χ4v) is 1.07. The number of hydrogen-bond acceptors (Lipinski definition) is 3. The Labute approximate surface area is 82.1 Å². The van der Waals surface area contributed by atoms with Gasteiger partial charge in [0.2, 0.25) is 0 Å². The van der Waals surface area contributed by atoms with Gasteiger partial charge in [-0.1, -0.05) is 27.7 Å². The minimum atomic E-state index is 0.0278. The van der Waals surface area contributed by atoms with Crippen molar-refractivity contribution in [3.63, 3.8) is 0 Å². The Morgan fingerprint density at radius 1 is 1.31 bits per heavy atom. The van der Waals surface area contributed by atoms with Gasteiger partial charge in [-0.15, -0.1) is 0 Å². The van der Waals surface area contributed by atoms with E-state index in [1.807, 2.05) is 27.7 Å². The average molecular weight is 188 g/mol. The number of carbonyl (C=O) groups is 1. The highest BCUT2D eigenvalue weighted by atomic mass is 16.1. The van der Waals surface area contributed by atoms with Crippen LogP contribution in [-0.4, -0.2) is 24.4 Å². The molecule has 1 fully saturated rings. The molecule has 3 nitrogen and oxygen atoms in total. The Bertz CT molecular complexity index is 126. The first-order valence-corrected chi connectivity index (χ1v) is 5.19. The molecule has 0 aromatic carbocycles. The summed E-state index contributed by atoms with van der Waals surface area (Å²) in [5, 5.41) is 3.03. The summed E-state index contributed by atoms with van der Waals surface area (Å²) < 4.78 is 0. The number of rotatable bonds is 1. The van der Waals surface area contributed by atoms with Crippen molar-refractivity contribution in [1.29, 1.82) is 0 Å². The second-order valence-corrected chi connectivity index (χ2v) is 2.57. The smallest absolute Gasteiger partial charge is 0.146 e. The molecule has 80 valence electrons. The van der Waals surface area contributed by atoms with Crippen LogP contribution < -0.4 is 11.1 Å². The summed E-state index contributed by atoms with van der Waals surface area (Å²) in [6, 6.07) is 0.207. The number of carbonyl (C=O) groups excluding carboxylic acids is 1. The van der Waals surface area contributed by atoms with Crippen LogP contribution in [0.1, 0.15) is 41.0 Å². The summed E-state index contributed by atoms with van der Waals surface area (Å²) in [7, 11) is 0. The van der Waals surface area contributed by atoms with Crippen LogP contribution in [0.5, 0.6) is 0 Å². The predicted octanol–water partition coefficient (Wildman–Crippen LogP) is 1.32. The maximum absolute atomic E-state index is 10.7. The molecule has 1 aliphatic rings. The lowest BCUT2D eigenvalue weighted by Gasteiger charge is -2.02. The van der Waals surface area contributed by atoms with Crippen molar-refractivity contribution in [2.45, 2.75) is 53.1 Å². The van der Waals surface area contributed by atoms with E-state index in [2.05, 4.69) is 5.32 Å². The molecular weight excluding hydrogens is 164 g/mol. The Kier molecular flexibility index (Phi) is 11.2. The van der Waals surface area contributed by atoms with Gasteiger partial charge in [-0.25, -0.2) is 0 Å². The highest BCUT2D eigenvalue weighted by Gasteiger charge is 2.23. The van der Waals surface area contributed by atoms with Gasteiger partial charge in [0.05, 0.1) is 6.04 Å². The third-order valence-electron chi connectivity index (χ3n) is 1.66. The SMILES string of the molecule is CC.CC.CC(=O)C1CC(N)CN1. The van der Waals surface area contributed by atoms with Gasteiger partial charge < -0.3 is 11.1 Å². The minimum absolute atomic E-state index is 0.0278. The summed E-state index contributed by atoms with van der Waals surface area (Å²) in [5.41, 5.74) is 5.55. The van der Waals surface area contributed by atoms with Crippen LogP contribution in [0.25, 0.3) is 0 Å². The number of hydrogen-bond donors (Lipinski definition) is 2. The van der Waals surface area contributed by atoms with Crippen molar-refractivity contribution >= 4 is 5.78 Å². The van der Waals surface area contributed by atoms with Crippen molar-refractivity contribution in [3.05, 3.63) is 0 Å². The fraction of sp³-hybridized carbons (Fsp3) is 0.900. The van der Waals surface area contributed by atoms with Gasteiger partial charge in [0.15, 0.2) is 0 Å². The van der Waals surface area contributed by atoms with E-state index in [1.54, 1.807) is 6.92 Å². The highest BCUT2D eigenvalue weighted by Crippen LogP contribution is 2.03. The quantitative estimate of drug-likeness (QED) is 0.652. The van der Waals surface area contributed by atoms with Gasteiger partial charge in [0.25, 0.3) is 0 Å². The topological polar surface area (TPSA) is 55.1 Å². The van der Waals surface area contributed by atoms with Crippen LogP contribution in [0.4, 0.5) is 0 Å². The highest BCUT2D eigenvalue weighted by molar-refractivity contribution is 5.81. The molecule has 0 aromatic heterocycles. The zero-order chi connectivity index (χ0) is 10.9. The first-order valence-electron chi connectivity index (χ1n) is 5.19. The number of Topliss-reactive ketones (excluding diaryl/α,β-unsaturated/α-hetero) is 1. The van der Waals surface area contributed by atoms with Crippen molar-refractivity contribution in [3.8, 4) is 0 Å². The van der Waals surface area contributed by atoms with Crippen LogP contribution in [0, 0.1) is 0 Å². The second-order valence-electron chi connectivity index (χ2n) is 2.57. The molecular formula is C10H24N2O. The predicted molar refractivity (Wildman–Crippen MR) is 57.8 cm³/mol. The second kappa shape index (κ2) is 9.68. The van der Waals surface area contributed by atoms with Crippen molar-refractivity contribution < 1.29 is 4.79 Å². The first-order chi connectivity index (χ1) is 6.20. The summed E-state index contributed by atoms with van der Waals surface area (Å²) in [4.78, 5) is 10.7. The molecule has 0 aliphatic carbocycles. The van der Waals surface area contributed by atoms with Crippen LogP contribution in [0.3, 0.4) is 0 Å². The van der Waals surface area contributed by atoms with Gasteiger partial charge in [-0.2, -0.15) is 0 Å². The first kappa shape index (κ1) is 15.1. The van der Waals surface area contributed by atoms with E-state index in [0.29, 0.717) is 0 Å². The zero-order valence-electron chi connectivity index (χ0n) is 9.55. The van der Waals surface area contributed by atoms with E-state index >= 15 is 0 Å². The maximum atomic E-state index is 10.7. The van der Waals surface area contributed by atoms with Crippen molar-refractivity contribution in [2.24, 2.45) is 5.73 Å². The minimum Gasteiger partial charge on any atom is -0.326 e. The van der Waals surface area contributed by atoms with Crippen LogP contribution in [-0.2, 0) is 4.79 Å². The van der Waals surface area contributed by atoms with Gasteiger partial charge in [0, 0.05) is 12.6 Å². The van der Waals surface area contributed by atoms with E-state index in [1.165, 1.54) is 0 Å². The molecule has 3 N–H and O–H groups in total. The average Bonchev–Trinajstić information content (AvgIpc) is 2.59. The summed E-state index contributed by atoms with van der Waals surface area (Å²) >= 11 is 0. The van der Waals surface area contributed by atoms with E-state index in [9.17, 15) is 4.79 Å². The molecule has 1 aliphatic heterocycles. The number of nitrogens with two attached hydrogens (primary N) is 1. The molecule has 0 amide bonds. The summed E-state index contributed by atoms with van der Waals surface area (Å²) in [5.74, 6) is 0.197. The lowest BCUT2D eigenvalue weighted by molar-refractivity contribution is -0.118. The molecule has 2 unspecified atom stereocenters. The monoisotopic (exact) mass is 188 g/mol. The lowest BCUT2D eigenvalue weighted by Crippen LogP contribution is -2.28. The Hall–Kier alpha value is -0.410. The molecule has 1 rings (SSSR count). The Balaban J connectivity index is 0. The largest absolute Gasteiger partial charge is 0.326 e. The molecule has 3 heteroatoms. The molecule has 1 heterocycles. The van der Waals surface area contributed by atoms with Crippen LogP contribution in [0.15, 0.2) is 0 Å². The summed E-state index contributed by atoms with van der Waals surface area (Å²) in [6.45, 7) is 10.4. The fourth-order valence-electron chi connectivity index (χ4n) is 1.07. The van der Waals surface area contributed by atoms with E-state index < -0.39 is 0 Å². The van der Waals surface area contributed by atoms with Gasteiger partial charge in [0.1, 0.15) is 5.78 Å². The zero-order valence-corrected chi connectivity index (χ0v) is 9.55. The molecule has 0 saturated carbocycles. The Morgan fingerprint density at radius 3 is 1.92 bits per heavy atom. The molecule has 2 atom stereocenters. The number of nitrogens with one attached hydrogen (secondary N) is 1. The molecule has 0 bridgehead atoms. The third-order valence-corrected chi connectivity index (χ3v) is 1.66. The molecule has 1 saturated heterocycles. The number of ketones is 1. The lowest BCUT2D eigenvalue weighted by atomic mass is 10.1. The maximum Gasteiger partial charge on any atom is 0.146 e. The van der Waals surface area contributed by atoms with Crippen LogP contribution >= 0.6 is 0 Å². The van der Waals surface area contributed by atoms with Crippen molar-refractivity contribution in [1.82, 2.24) is 5.32 Å². The summed E-state index contributed by atoms with van der Waals surface area (Å²) in [6.07, 6.45) is 0.801. The van der Waals surface area contributed by atoms with E-state index in [0.717, 1.165) is 13.0 Å². The Morgan fingerprint density at radius 2 is 1.77 bits per heavy atom. The molecule has 13 heavy (non-hydrogen) atoms. The molecule has 0 aromatic rings. The third kappa shape index (κ3) is 6.72. The van der Waals surface area contributed by atoms with Gasteiger partial charge >= 0.3 is 0 Å². The van der Waals surface area contributed by atoms with Crippen molar-refractivity contribution in [2.75, 3.05) is 6.54 Å². The van der Waals surface area contributed by atoms with E-state index in [-0.39, 0.29) is 17.9 Å². The van der Waals surface area contributed by atoms with Crippen LogP contribution in [0.2, 0.25) is 0 Å². The molecule has 0 spiro atoms. The molecule has 0 radical (unpaired) electrons. The standard InChI is InChI=1S/C6H12N2O.2C2H6/c1-4(9)6-2-5(7)3-8-6;2*1-2/h5-6,8H,2-3,7H2,1H3;2*1-2H3. The van der Waals surface area contributed by atoms with Gasteiger partial charge in [-0.3, -0.25) is 4.79 Å². The van der Waals surface area contributed by atoms with Gasteiger partial charge in [-0.05, 0) is 13.3 Å². The van der Waals surface area contributed by atoms with E-state index in [4.69, 9.17) is 5.73 Å².